The predicted molar refractivity (Wildman–Crippen MR) is 102 cm³/mol. The average molecular weight is 388 g/mol. The summed E-state index contributed by atoms with van der Waals surface area (Å²) < 4.78 is 0. The van der Waals surface area contributed by atoms with Crippen molar-refractivity contribution >= 4 is 11.8 Å². The first kappa shape index (κ1) is 19.1. The Labute approximate surface area is 163 Å². The fourth-order valence-corrected chi connectivity index (χ4v) is 4.96. The van der Waals surface area contributed by atoms with E-state index in [2.05, 4.69) is 14.9 Å². The number of amides is 2. The van der Waals surface area contributed by atoms with Gasteiger partial charge in [-0.25, -0.2) is 4.98 Å². The Morgan fingerprint density at radius 3 is 2.50 bits per heavy atom. The Morgan fingerprint density at radius 2 is 1.86 bits per heavy atom. The fraction of sp³-hybridized carbons (Fsp3) is 0.700. The zero-order valence-electron chi connectivity index (χ0n) is 16.1. The van der Waals surface area contributed by atoms with Crippen LogP contribution >= 0.6 is 0 Å². The maximum atomic E-state index is 12.6. The molecule has 0 unspecified atom stereocenters. The van der Waals surface area contributed by atoms with Gasteiger partial charge in [-0.05, 0) is 50.4 Å². The first-order valence-electron chi connectivity index (χ1n) is 10.3. The summed E-state index contributed by atoms with van der Waals surface area (Å²) in [6.07, 6.45) is 8.80. The molecule has 1 aliphatic carbocycles. The number of aromatic nitrogens is 2. The third kappa shape index (κ3) is 3.83. The molecule has 0 bridgehead atoms. The predicted octanol–water partition coefficient (Wildman–Crippen LogP) is 0.918. The van der Waals surface area contributed by atoms with E-state index in [0.717, 1.165) is 57.7 Å². The smallest absolute Gasteiger partial charge is 0.273 e. The van der Waals surface area contributed by atoms with Crippen molar-refractivity contribution in [2.45, 2.75) is 63.5 Å². The number of hydrogen-bond acceptors (Lipinski definition) is 5. The van der Waals surface area contributed by atoms with Crippen LogP contribution in [-0.2, 0) is 4.79 Å². The molecule has 1 aromatic rings. The number of carbonyl (C=O) groups excluding carboxylic acids is 2. The van der Waals surface area contributed by atoms with E-state index >= 15 is 0 Å². The molecule has 28 heavy (non-hydrogen) atoms. The van der Waals surface area contributed by atoms with E-state index in [-0.39, 0.29) is 40.6 Å². The Balaban J connectivity index is 1.39. The van der Waals surface area contributed by atoms with Gasteiger partial charge in [-0.15, -0.1) is 0 Å². The monoisotopic (exact) mass is 388 g/mol. The SMILES string of the molecule is O=C(c1c[nH]c(=O)cn1)N1CCC2(CCC(=O)N(C3CCC(O)CC3)C2)CC1. The molecule has 3 aliphatic rings. The molecule has 4 rings (SSSR count). The minimum Gasteiger partial charge on any atom is -0.393 e. The number of nitrogens with one attached hydrogen (secondary N) is 1. The van der Waals surface area contributed by atoms with Crippen LogP contribution in [0.25, 0.3) is 0 Å². The van der Waals surface area contributed by atoms with Gasteiger partial charge in [0.15, 0.2) is 0 Å². The Bertz CT molecular complexity index is 771. The summed E-state index contributed by atoms with van der Waals surface area (Å²) in [6.45, 7) is 2.06. The van der Waals surface area contributed by atoms with Gasteiger partial charge in [-0.2, -0.15) is 0 Å². The van der Waals surface area contributed by atoms with Crippen molar-refractivity contribution in [3.05, 3.63) is 28.4 Å². The molecular weight excluding hydrogens is 360 g/mol. The molecule has 0 radical (unpaired) electrons. The van der Waals surface area contributed by atoms with Gasteiger partial charge in [0.2, 0.25) is 5.91 Å². The van der Waals surface area contributed by atoms with E-state index in [1.165, 1.54) is 6.20 Å². The number of nitrogens with zero attached hydrogens (tertiary/aromatic N) is 3. The summed E-state index contributed by atoms with van der Waals surface area (Å²) in [5.41, 5.74) is 0.0206. The van der Waals surface area contributed by atoms with Crippen molar-refractivity contribution in [3.8, 4) is 0 Å². The maximum Gasteiger partial charge on any atom is 0.273 e. The number of aliphatic hydroxyl groups is 1. The summed E-state index contributed by atoms with van der Waals surface area (Å²) in [6, 6.07) is 0.248. The van der Waals surface area contributed by atoms with Gasteiger partial charge in [0.05, 0.1) is 12.3 Å². The number of hydrogen-bond donors (Lipinski definition) is 2. The molecule has 2 N–H and O–H groups in total. The molecule has 1 saturated carbocycles. The van der Waals surface area contributed by atoms with Crippen molar-refractivity contribution in [1.82, 2.24) is 19.8 Å². The largest absolute Gasteiger partial charge is 0.393 e. The van der Waals surface area contributed by atoms with Crippen LogP contribution in [0, 0.1) is 5.41 Å². The van der Waals surface area contributed by atoms with Crippen LogP contribution in [-0.4, -0.2) is 68.5 Å². The highest BCUT2D eigenvalue weighted by atomic mass is 16.3. The summed E-state index contributed by atoms with van der Waals surface area (Å²) in [5, 5.41) is 9.76. The van der Waals surface area contributed by atoms with Crippen molar-refractivity contribution in [3.63, 3.8) is 0 Å². The third-order valence-electron chi connectivity index (χ3n) is 6.80. The van der Waals surface area contributed by atoms with Crippen molar-refractivity contribution < 1.29 is 14.7 Å². The summed E-state index contributed by atoms with van der Waals surface area (Å²) in [4.78, 5) is 46.6. The van der Waals surface area contributed by atoms with Gasteiger partial charge in [0.25, 0.3) is 11.5 Å². The van der Waals surface area contributed by atoms with Crippen LogP contribution < -0.4 is 5.56 Å². The molecule has 0 aromatic carbocycles. The number of aliphatic hydroxyl groups excluding tert-OH is 1. The first-order chi connectivity index (χ1) is 13.5. The van der Waals surface area contributed by atoms with Gasteiger partial charge < -0.3 is 19.9 Å². The number of H-pyrrole nitrogens is 1. The second kappa shape index (κ2) is 7.66. The van der Waals surface area contributed by atoms with Crippen LogP contribution in [0.4, 0.5) is 0 Å². The lowest BCUT2D eigenvalue weighted by atomic mass is 9.71. The molecule has 0 atom stereocenters. The molecule has 152 valence electrons. The molecule has 2 saturated heterocycles. The average Bonchev–Trinajstić information content (AvgIpc) is 2.71. The standard InChI is InChI=1S/C20H28N4O4/c25-15-3-1-14(2-4-15)24-13-20(6-5-18(24)27)7-9-23(10-8-20)19(28)16-11-22-17(26)12-21-16/h11-12,14-15,25H,1-10,13H2,(H,22,26). The lowest BCUT2D eigenvalue weighted by Crippen LogP contribution is -2.55. The molecule has 8 nitrogen and oxygen atoms in total. The van der Waals surface area contributed by atoms with E-state index in [4.69, 9.17) is 0 Å². The van der Waals surface area contributed by atoms with Crippen LogP contribution in [0.5, 0.6) is 0 Å². The van der Waals surface area contributed by atoms with Crippen LogP contribution in [0.3, 0.4) is 0 Å². The summed E-state index contributed by atoms with van der Waals surface area (Å²) >= 11 is 0. The van der Waals surface area contributed by atoms with Gasteiger partial charge in [0.1, 0.15) is 5.69 Å². The maximum absolute atomic E-state index is 12.6. The van der Waals surface area contributed by atoms with E-state index < -0.39 is 0 Å². The molecule has 3 fully saturated rings. The molecular formula is C20H28N4O4. The topological polar surface area (TPSA) is 107 Å². The van der Waals surface area contributed by atoms with Crippen LogP contribution in [0.15, 0.2) is 17.2 Å². The lowest BCUT2D eigenvalue weighted by Gasteiger charge is -2.50. The van der Waals surface area contributed by atoms with Gasteiger partial charge in [-0.1, -0.05) is 0 Å². The third-order valence-corrected chi connectivity index (χ3v) is 6.80. The highest BCUT2D eigenvalue weighted by Crippen LogP contribution is 2.42. The number of likely N-dealkylation sites (tertiary alicyclic amines) is 2. The number of piperidine rings is 2. The minimum absolute atomic E-state index is 0.0825. The molecule has 3 heterocycles. The highest BCUT2D eigenvalue weighted by molar-refractivity contribution is 5.92. The molecule has 2 amide bonds. The van der Waals surface area contributed by atoms with E-state index in [9.17, 15) is 19.5 Å². The summed E-state index contributed by atoms with van der Waals surface area (Å²) in [7, 11) is 0. The lowest BCUT2D eigenvalue weighted by molar-refractivity contribution is -0.143. The van der Waals surface area contributed by atoms with Crippen molar-refractivity contribution in [2.24, 2.45) is 5.41 Å². The number of aromatic amines is 1. The van der Waals surface area contributed by atoms with Crippen molar-refractivity contribution in [1.29, 1.82) is 0 Å². The summed E-state index contributed by atoms with van der Waals surface area (Å²) in [5.74, 6) is 0.0825. The van der Waals surface area contributed by atoms with E-state index in [0.29, 0.717) is 19.5 Å². The molecule has 8 heteroatoms. The van der Waals surface area contributed by atoms with Crippen molar-refractivity contribution in [2.75, 3.05) is 19.6 Å². The number of rotatable bonds is 2. The molecule has 2 aliphatic heterocycles. The van der Waals surface area contributed by atoms with E-state index in [1.54, 1.807) is 4.90 Å². The van der Waals surface area contributed by atoms with Crippen LogP contribution in [0.1, 0.15) is 61.9 Å². The zero-order chi connectivity index (χ0) is 19.7. The fourth-order valence-electron chi connectivity index (χ4n) is 4.96. The van der Waals surface area contributed by atoms with E-state index in [1.807, 2.05) is 0 Å². The van der Waals surface area contributed by atoms with Gasteiger partial charge >= 0.3 is 0 Å². The second-order valence-corrected chi connectivity index (χ2v) is 8.57. The Hall–Kier alpha value is -2.22. The molecule has 1 spiro atoms. The first-order valence-corrected chi connectivity index (χ1v) is 10.3. The molecule has 1 aromatic heterocycles. The Kier molecular flexibility index (Phi) is 5.23. The zero-order valence-corrected chi connectivity index (χ0v) is 16.1. The highest BCUT2D eigenvalue weighted by Gasteiger charge is 2.44. The van der Waals surface area contributed by atoms with Gasteiger partial charge in [0, 0.05) is 38.3 Å². The van der Waals surface area contributed by atoms with Gasteiger partial charge in [-0.3, -0.25) is 14.4 Å². The quantitative estimate of drug-likeness (QED) is 0.783. The normalized spacial score (nSPS) is 27.8. The minimum atomic E-state index is -0.323. The number of carbonyl (C=O) groups is 2. The van der Waals surface area contributed by atoms with Crippen LogP contribution in [0.2, 0.25) is 0 Å². The second-order valence-electron chi connectivity index (χ2n) is 8.57. The Morgan fingerprint density at radius 1 is 1.14 bits per heavy atom.